The number of ether oxygens (including phenoxy) is 2. The van der Waals surface area contributed by atoms with E-state index >= 15 is 0 Å². The molecule has 0 spiro atoms. The summed E-state index contributed by atoms with van der Waals surface area (Å²) in [7, 11) is -8.36. The average Bonchev–Trinajstić information content (AvgIpc) is 2.77. The molecule has 0 aliphatic rings. The van der Waals surface area contributed by atoms with Gasteiger partial charge >= 0.3 is 12.3 Å². The number of rotatable bonds is 13. The summed E-state index contributed by atoms with van der Waals surface area (Å²) in [6.45, 7) is 3.29. The van der Waals surface area contributed by atoms with Crippen LogP contribution in [-0.4, -0.2) is 48.4 Å². The molecule has 9 nitrogen and oxygen atoms in total. The van der Waals surface area contributed by atoms with E-state index < -0.39 is 49.1 Å². The Morgan fingerprint density at radius 2 is 1.61 bits per heavy atom. The lowest BCUT2D eigenvalue weighted by molar-refractivity contribution is -0.275. The van der Waals surface area contributed by atoms with Gasteiger partial charge in [-0.1, -0.05) is 29.8 Å². The molecule has 0 fully saturated rings. The lowest BCUT2D eigenvalue weighted by atomic mass is 10.1. The minimum absolute atomic E-state index is 0.0146. The van der Waals surface area contributed by atoms with Crippen LogP contribution in [0.15, 0.2) is 58.3 Å². The molecule has 0 aliphatic heterocycles. The fraction of sp³-hybridized carbons (Fsp3) is 0.409. The van der Waals surface area contributed by atoms with Gasteiger partial charge in [0.1, 0.15) is 16.7 Å². The van der Waals surface area contributed by atoms with Gasteiger partial charge in [-0.25, -0.2) is 21.6 Å². The molecule has 0 saturated carbocycles. The van der Waals surface area contributed by atoms with E-state index in [-0.39, 0.29) is 37.3 Å². The van der Waals surface area contributed by atoms with Crippen molar-refractivity contribution in [2.75, 3.05) is 13.2 Å². The second-order valence-corrected chi connectivity index (χ2v) is 11.1. The van der Waals surface area contributed by atoms with Crippen molar-refractivity contribution >= 4 is 26.0 Å². The van der Waals surface area contributed by atoms with E-state index in [0.29, 0.717) is 0 Å². The highest BCUT2D eigenvalue weighted by Gasteiger charge is 2.35. The molecule has 2 aromatic carbocycles. The Morgan fingerprint density at radius 1 is 0.972 bits per heavy atom. The normalized spacial score (nSPS) is 13.2. The molecule has 0 saturated heterocycles. The fourth-order valence-electron chi connectivity index (χ4n) is 3.08. The number of carbonyl (C=O) groups excluding carboxylic acids is 1. The molecule has 0 heterocycles. The molecule has 2 rings (SSSR count). The SMILES string of the molecule is CCOC(=O)[C@H](CCCCNS(=O)(=O)c1ccc(C)cc1)NS(=O)(=O)c1ccccc1OC(F)(F)F. The first-order valence-electron chi connectivity index (χ1n) is 10.9. The zero-order valence-corrected chi connectivity index (χ0v) is 21.2. The number of aryl methyl sites for hydroxylation is 1. The first-order chi connectivity index (χ1) is 16.7. The average molecular weight is 553 g/mol. The van der Waals surface area contributed by atoms with E-state index in [9.17, 15) is 34.8 Å². The maximum absolute atomic E-state index is 12.8. The molecular weight excluding hydrogens is 525 g/mol. The van der Waals surface area contributed by atoms with E-state index in [1.807, 2.05) is 6.92 Å². The van der Waals surface area contributed by atoms with Crippen LogP contribution in [0, 0.1) is 6.92 Å². The number of para-hydroxylation sites is 1. The quantitative estimate of drug-likeness (QED) is 0.288. The molecule has 2 aromatic rings. The Labute approximate surface area is 208 Å². The van der Waals surface area contributed by atoms with Gasteiger partial charge in [0.15, 0.2) is 0 Å². The number of esters is 1. The van der Waals surface area contributed by atoms with Crippen molar-refractivity contribution in [2.45, 2.75) is 55.3 Å². The number of benzene rings is 2. The number of carbonyl (C=O) groups is 1. The van der Waals surface area contributed by atoms with Gasteiger partial charge in [0.05, 0.1) is 11.5 Å². The maximum atomic E-state index is 12.8. The third-order valence-electron chi connectivity index (χ3n) is 4.78. The van der Waals surface area contributed by atoms with Crippen molar-refractivity contribution < 1.29 is 44.3 Å². The van der Waals surface area contributed by atoms with Crippen molar-refractivity contribution in [1.82, 2.24) is 9.44 Å². The van der Waals surface area contributed by atoms with Crippen LogP contribution in [0.2, 0.25) is 0 Å². The summed E-state index contributed by atoms with van der Waals surface area (Å²) < 4.78 is 102. The van der Waals surface area contributed by atoms with Crippen molar-refractivity contribution in [2.24, 2.45) is 0 Å². The van der Waals surface area contributed by atoms with Gasteiger partial charge in [0.25, 0.3) is 0 Å². The number of unbranched alkanes of at least 4 members (excludes halogenated alkanes) is 1. The summed E-state index contributed by atoms with van der Waals surface area (Å²) >= 11 is 0. The summed E-state index contributed by atoms with van der Waals surface area (Å²) in [5.41, 5.74) is 0.897. The number of hydrogen-bond donors (Lipinski definition) is 2. The number of nitrogens with one attached hydrogen (secondary N) is 2. The summed E-state index contributed by atoms with van der Waals surface area (Å²) in [5, 5.41) is 0. The number of halogens is 3. The molecule has 200 valence electrons. The van der Waals surface area contributed by atoms with Gasteiger partial charge in [0.2, 0.25) is 20.0 Å². The Hall–Kier alpha value is -2.68. The number of hydrogen-bond acceptors (Lipinski definition) is 7. The lowest BCUT2D eigenvalue weighted by Crippen LogP contribution is -2.42. The van der Waals surface area contributed by atoms with E-state index in [4.69, 9.17) is 4.74 Å². The van der Waals surface area contributed by atoms with Gasteiger partial charge in [-0.2, -0.15) is 4.72 Å². The highest BCUT2D eigenvalue weighted by Crippen LogP contribution is 2.29. The second kappa shape index (κ2) is 12.5. The van der Waals surface area contributed by atoms with E-state index in [1.165, 1.54) is 31.2 Å². The van der Waals surface area contributed by atoms with Crippen LogP contribution >= 0.6 is 0 Å². The van der Waals surface area contributed by atoms with Crippen molar-refractivity contribution in [3.8, 4) is 5.75 Å². The van der Waals surface area contributed by atoms with Gasteiger partial charge in [0, 0.05) is 6.54 Å². The number of sulfonamides is 2. The first kappa shape index (κ1) is 29.5. The zero-order valence-electron chi connectivity index (χ0n) is 19.5. The summed E-state index contributed by atoms with van der Waals surface area (Å²) in [5.74, 6) is -1.87. The van der Waals surface area contributed by atoms with Crippen molar-refractivity contribution in [3.63, 3.8) is 0 Å². The van der Waals surface area contributed by atoms with E-state index in [1.54, 1.807) is 12.1 Å². The van der Waals surface area contributed by atoms with Crippen LogP contribution in [0.25, 0.3) is 0 Å². The summed E-state index contributed by atoms with van der Waals surface area (Å²) in [6.07, 6.45) is -4.77. The van der Waals surface area contributed by atoms with E-state index in [2.05, 4.69) is 14.2 Å². The van der Waals surface area contributed by atoms with Gasteiger partial charge in [-0.05, 0) is 57.4 Å². The lowest BCUT2D eigenvalue weighted by Gasteiger charge is -2.19. The molecule has 36 heavy (non-hydrogen) atoms. The zero-order chi connectivity index (χ0) is 27.0. The Balaban J connectivity index is 2.05. The second-order valence-electron chi connectivity index (χ2n) is 7.63. The molecule has 0 radical (unpaired) electrons. The van der Waals surface area contributed by atoms with Crippen molar-refractivity contribution in [1.29, 1.82) is 0 Å². The highest BCUT2D eigenvalue weighted by atomic mass is 32.2. The Bertz CT molecular complexity index is 1230. The largest absolute Gasteiger partial charge is 0.573 e. The standard InChI is InChI=1S/C22H27F3N2O7S2/c1-3-33-21(28)18(8-6-7-15-26-35(29,30)17-13-11-16(2)12-14-17)27-36(31,32)20-10-5-4-9-19(20)34-22(23,24)25/h4-5,9-14,18,26-27H,3,6-8,15H2,1-2H3/t18-/m0/s1. The maximum Gasteiger partial charge on any atom is 0.573 e. The Morgan fingerprint density at radius 3 is 2.22 bits per heavy atom. The number of alkyl halides is 3. The molecule has 0 amide bonds. The topological polar surface area (TPSA) is 128 Å². The highest BCUT2D eigenvalue weighted by molar-refractivity contribution is 7.89. The minimum Gasteiger partial charge on any atom is -0.465 e. The molecule has 2 N–H and O–H groups in total. The predicted molar refractivity (Wildman–Crippen MR) is 124 cm³/mol. The monoisotopic (exact) mass is 552 g/mol. The molecule has 0 aromatic heterocycles. The third kappa shape index (κ3) is 9.08. The van der Waals surface area contributed by atoms with Crippen LogP contribution in [-0.2, 0) is 29.6 Å². The van der Waals surface area contributed by atoms with Crippen molar-refractivity contribution in [3.05, 3.63) is 54.1 Å². The van der Waals surface area contributed by atoms with Crippen LogP contribution in [0.5, 0.6) is 5.75 Å². The van der Waals surface area contributed by atoms with E-state index in [0.717, 1.165) is 17.7 Å². The first-order valence-corrected chi connectivity index (χ1v) is 13.8. The van der Waals surface area contributed by atoms with Gasteiger partial charge < -0.3 is 9.47 Å². The minimum atomic E-state index is -5.13. The van der Waals surface area contributed by atoms with Crippen LogP contribution in [0.4, 0.5) is 13.2 Å². The van der Waals surface area contributed by atoms with Crippen LogP contribution in [0.1, 0.15) is 31.7 Å². The van der Waals surface area contributed by atoms with Gasteiger partial charge in [-0.15, -0.1) is 13.2 Å². The van der Waals surface area contributed by atoms with Gasteiger partial charge in [-0.3, -0.25) is 4.79 Å². The smallest absolute Gasteiger partial charge is 0.465 e. The molecule has 14 heteroatoms. The molecule has 0 aliphatic carbocycles. The summed E-state index contributed by atoms with van der Waals surface area (Å²) in [6, 6.07) is 8.94. The Kier molecular flexibility index (Phi) is 10.3. The van der Waals surface area contributed by atoms with Crippen LogP contribution < -0.4 is 14.2 Å². The fourth-order valence-corrected chi connectivity index (χ4v) is 5.50. The molecule has 1 atom stereocenters. The predicted octanol–water partition coefficient (Wildman–Crippen LogP) is 3.25. The van der Waals surface area contributed by atoms with Crippen LogP contribution in [0.3, 0.4) is 0 Å². The molecule has 0 unspecified atom stereocenters. The third-order valence-corrected chi connectivity index (χ3v) is 7.76. The molecular formula is C22H27F3N2O7S2. The summed E-state index contributed by atoms with van der Waals surface area (Å²) in [4.78, 5) is 11.6. The molecule has 0 bridgehead atoms.